The van der Waals surface area contributed by atoms with Crippen LogP contribution < -0.4 is 0 Å². The summed E-state index contributed by atoms with van der Waals surface area (Å²) >= 11 is -2.48. The molecule has 1 aromatic carbocycles. The Morgan fingerprint density at radius 2 is 1.34 bits per heavy atom. The van der Waals surface area contributed by atoms with Crippen LogP contribution in [-0.2, 0) is 0 Å². The molecule has 1 aromatic rings. The zero-order valence-corrected chi connectivity index (χ0v) is 28.5. The Bertz CT molecular complexity index is 901. The molecule has 0 spiro atoms. The van der Waals surface area contributed by atoms with Crippen molar-refractivity contribution >= 4 is 31.2 Å². The van der Waals surface area contributed by atoms with Crippen LogP contribution in [0, 0.1) is 0 Å². The van der Waals surface area contributed by atoms with E-state index in [9.17, 15) is 0 Å². The molecule has 0 atom stereocenters. The van der Waals surface area contributed by atoms with Gasteiger partial charge in [0, 0.05) is 0 Å². The summed E-state index contributed by atoms with van der Waals surface area (Å²) in [5.74, 6) is 1.73. The molecule has 3 rings (SSSR count). The Morgan fingerprint density at radius 3 is 1.82 bits per heavy atom. The van der Waals surface area contributed by atoms with Crippen molar-refractivity contribution in [2.45, 2.75) is 143 Å². The minimum atomic E-state index is -2.48. The van der Waals surface area contributed by atoms with Gasteiger partial charge >= 0.3 is 243 Å². The first-order chi connectivity index (χ1) is 18.4. The molecular formula is C36H57BSn. The maximum atomic E-state index is 3.99. The molecule has 0 unspecified atom stereocenters. The van der Waals surface area contributed by atoms with E-state index in [1.165, 1.54) is 108 Å². The number of rotatable bonds is 13. The molecule has 0 aliphatic heterocycles. The number of hydrogen-bond donors (Lipinski definition) is 0. The van der Waals surface area contributed by atoms with Crippen LogP contribution in [0.5, 0.6) is 0 Å². The third kappa shape index (κ3) is 10.2. The van der Waals surface area contributed by atoms with Crippen LogP contribution >= 0.6 is 0 Å². The summed E-state index contributed by atoms with van der Waals surface area (Å²) in [6.45, 7) is 5.38. The van der Waals surface area contributed by atoms with Gasteiger partial charge in [-0.1, -0.05) is 0 Å². The van der Waals surface area contributed by atoms with Crippen molar-refractivity contribution in [1.29, 1.82) is 0 Å². The van der Waals surface area contributed by atoms with Gasteiger partial charge in [-0.15, -0.1) is 0 Å². The number of benzene rings is 1. The topological polar surface area (TPSA) is 0 Å². The zero-order chi connectivity index (χ0) is 27.2. The van der Waals surface area contributed by atoms with E-state index in [2.05, 4.69) is 83.0 Å². The van der Waals surface area contributed by atoms with Crippen LogP contribution in [0.1, 0.15) is 122 Å². The Balaban J connectivity index is 2.19. The van der Waals surface area contributed by atoms with Gasteiger partial charge in [-0.2, -0.15) is 0 Å². The molecule has 0 N–H and O–H groups in total. The molecule has 0 nitrogen and oxygen atoms in total. The minimum absolute atomic E-state index is 0.731. The Hall–Kier alpha value is -0.916. The van der Waals surface area contributed by atoms with Gasteiger partial charge in [0.15, 0.2) is 0 Å². The molecule has 0 amide bonds. The molecule has 2 saturated carbocycles. The van der Waals surface area contributed by atoms with Crippen LogP contribution in [0.3, 0.4) is 0 Å². The second-order valence-corrected chi connectivity index (χ2v) is 27.7. The molecule has 2 heteroatoms. The molecule has 0 bridgehead atoms. The van der Waals surface area contributed by atoms with E-state index in [4.69, 9.17) is 0 Å². The van der Waals surface area contributed by atoms with Gasteiger partial charge in [0.2, 0.25) is 0 Å². The van der Waals surface area contributed by atoms with Gasteiger partial charge in [0.1, 0.15) is 0 Å². The molecule has 0 aromatic heterocycles. The quantitative estimate of drug-likeness (QED) is 0.117. The Morgan fingerprint density at radius 1 is 0.816 bits per heavy atom. The van der Waals surface area contributed by atoms with Crippen LogP contribution in [0.4, 0.5) is 0 Å². The Labute approximate surface area is 241 Å². The second kappa shape index (κ2) is 17.0. The average molecular weight is 619 g/mol. The van der Waals surface area contributed by atoms with E-state index in [0.29, 0.717) is 0 Å². The molecule has 0 heterocycles. The molecule has 208 valence electrons. The van der Waals surface area contributed by atoms with Crippen molar-refractivity contribution in [3.8, 4) is 0 Å². The van der Waals surface area contributed by atoms with Crippen molar-refractivity contribution in [2.24, 2.45) is 0 Å². The van der Waals surface area contributed by atoms with E-state index in [1.54, 1.807) is 14.6 Å². The van der Waals surface area contributed by atoms with Crippen LogP contribution in [0.25, 0.3) is 6.08 Å². The predicted molar refractivity (Wildman–Crippen MR) is 176 cm³/mol. The maximum absolute atomic E-state index is 3.99. The fourth-order valence-corrected chi connectivity index (χ4v) is 11.6. The van der Waals surface area contributed by atoms with Gasteiger partial charge in [-0.05, 0) is 0 Å². The summed E-state index contributed by atoms with van der Waals surface area (Å²) in [5.41, 5.74) is 8.63. The molecular weight excluding hydrogens is 562 g/mol. The number of hydrogen-bond acceptors (Lipinski definition) is 0. The van der Waals surface area contributed by atoms with Crippen LogP contribution in [0.2, 0.25) is 26.5 Å². The standard InChI is InChI=1S/C33H48B.3CH3.Sn/c1-3-5-17-29(18-6-4-2)21-16-26-33(28-27-30-19-10-7-11-20-30)34(31-22-12-8-13-23-31)32-24-14-9-15-25-32;;;;/h7,10-11,16,19-20,27-28,31-32H,3-6,8-9,12-15,17-18,22-25H2,1-2H3;3*1H3;/b28-27+,33-26?;;;;. The SMILES string of the molecule is CCCCC(=C=C/[C](=C(\C=C\c1ccccc1)B(C1CCCCC1)C1CCCCC1)[Sn]([CH3])([CH3])[CH3])CCCC. The van der Waals surface area contributed by atoms with E-state index in [1.807, 2.05) is 0 Å². The van der Waals surface area contributed by atoms with Gasteiger partial charge < -0.3 is 0 Å². The third-order valence-electron chi connectivity index (χ3n) is 9.13. The summed E-state index contributed by atoms with van der Waals surface area (Å²) < 4.78 is 1.75. The summed E-state index contributed by atoms with van der Waals surface area (Å²) in [6.07, 6.45) is 29.6. The van der Waals surface area contributed by atoms with Gasteiger partial charge in [0.05, 0.1) is 0 Å². The first kappa shape index (κ1) is 31.6. The summed E-state index contributed by atoms with van der Waals surface area (Å²) in [7, 11) is 0. The van der Waals surface area contributed by atoms with Crippen molar-refractivity contribution in [3.63, 3.8) is 0 Å². The summed E-state index contributed by atoms with van der Waals surface area (Å²) in [5, 5.41) is 0. The predicted octanol–water partition coefficient (Wildman–Crippen LogP) is 12.0. The van der Waals surface area contributed by atoms with Crippen LogP contribution in [0.15, 0.2) is 62.8 Å². The monoisotopic (exact) mass is 620 g/mol. The van der Waals surface area contributed by atoms with Gasteiger partial charge in [-0.3, -0.25) is 0 Å². The molecule has 2 fully saturated rings. The molecule has 2 aliphatic rings. The van der Waals surface area contributed by atoms with E-state index >= 15 is 0 Å². The molecule has 38 heavy (non-hydrogen) atoms. The van der Waals surface area contributed by atoms with Gasteiger partial charge in [-0.25, -0.2) is 0 Å². The van der Waals surface area contributed by atoms with Crippen LogP contribution in [-0.4, -0.2) is 25.1 Å². The first-order valence-electron chi connectivity index (χ1n) is 16.4. The first-order valence-corrected chi connectivity index (χ1v) is 26.3. The summed E-state index contributed by atoms with van der Waals surface area (Å²) in [4.78, 5) is 7.94. The van der Waals surface area contributed by atoms with Gasteiger partial charge in [0.25, 0.3) is 0 Å². The normalized spacial score (nSPS) is 18.2. The van der Waals surface area contributed by atoms with E-state index in [-0.39, 0.29) is 0 Å². The van der Waals surface area contributed by atoms with E-state index in [0.717, 1.165) is 18.3 Å². The molecule has 0 saturated heterocycles. The van der Waals surface area contributed by atoms with Crippen molar-refractivity contribution in [2.75, 3.05) is 0 Å². The second-order valence-electron chi connectivity index (χ2n) is 13.3. The average Bonchev–Trinajstić information content (AvgIpc) is 2.93. The van der Waals surface area contributed by atoms with Crippen molar-refractivity contribution in [1.82, 2.24) is 0 Å². The van der Waals surface area contributed by atoms with E-state index < -0.39 is 18.4 Å². The fraction of sp³-hybridized carbons (Fsp3) is 0.639. The molecule has 2 aliphatic carbocycles. The van der Waals surface area contributed by atoms with Crippen molar-refractivity contribution in [3.05, 3.63) is 68.4 Å². The molecule has 0 radical (unpaired) electrons. The number of allylic oxidation sites excluding steroid dienone is 4. The Kier molecular flexibility index (Phi) is 14.2. The number of unbranched alkanes of at least 4 members (excludes halogenated alkanes) is 2. The van der Waals surface area contributed by atoms with Crippen molar-refractivity contribution < 1.29 is 0 Å². The third-order valence-corrected chi connectivity index (χ3v) is 15.0. The zero-order valence-electron chi connectivity index (χ0n) is 25.7. The fourth-order valence-electron chi connectivity index (χ4n) is 6.97. The summed E-state index contributed by atoms with van der Waals surface area (Å²) in [6, 6.07) is 11.0.